The fourth-order valence-electron chi connectivity index (χ4n) is 2.20. The highest BCUT2D eigenvalue weighted by molar-refractivity contribution is 14.1. The van der Waals surface area contributed by atoms with Crippen LogP contribution in [0.15, 0.2) is 24.3 Å². The number of nitrogens with one attached hydrogen (secondary N) is 1. The van der Waals surface area contributed by atoms with Gasteiger partial charge < -0.3 is 5.32 Å². The molecule has 2 unspecified atom stereocenters. The molecule has 1 fully saturated rings. The molecule has 0 aromatic heterocycles. The van der Waals surface area contributed by atoms with Gasteiger partial charge in [0.1, 0.15) is 6.17 Å². The van der Waals surface area contributed by atoms with Crippen LogP contribution in [0.25, 0.3) is 0 Å². The van der Waals surface area contributed by atoms with Crippen molar-refractivity contribution in [1.82, 2.24) is 5.32 Å². The summed E-state index contributed by atoms with van der Waals surface area (Å²) in [7, 11) is 0. The van der Waals surface area contributed by atoms with Crippen LogP contribution >= 0.6 is 22.6 Å². The molecule has 0 saturated carbocycles. The van der Waals surface area contributed by atoms with Crippen molar-refractivity contribution in [3.05, 3.63) is 33.4 Å². The van der Waals surface area contributed by atoms with Crippen LogP contribution < -0.4 is 5.32 Å². The molecule has 0 amide bonds. The predicted molar refractivity (Wildman–Crippen MR) is 73.4 cm³/mol. The van der Waals surface area contributed by atoms with Gasteiger partial charge in [-0.1, -0.05) is 12.1 Å². The quantitative estimate of drug-likeness (QED) is 0.838. The lowest BCUT2D eigenvalue weighted by atomic mass is 9.91. The van der Waals surface area contributed by atoms with Gasteiger partial charge >= 0.3 is 0 Å². The van der Waals surface area contributed by atoms with Gasteiger partial charge in [-0.15, -0.1) is 0 Å². The number of rotatable bonds is 3. The molecule has 0 bridgehead atoms. The minimum Gasteiger partial charge on any atom is -0.316 e. The highest BCUT2D eigenvalue weighted by atomic mass is 127. The molecule has 2 rings (SSSR count). The van der Waals surface area contributed by atoms with E-state index in [-0.39, 0.29) is 5.92 Å². The lowest BCUT2D eigenvalue weighted by Crippen LogP contribution is -2.35. The molecule has 2 atom stereocenters. The number of benzene rings is 1. The third-order valence-electron chi connectivity index (χ3n) is 3.19. The van der Waals surface area contributed by atoms with Crippen molar-refractivity contribution >= 4 is 22.6 Å². The van der Waals surface area contributed by atoms with Gasteiger partial charge in [-0.3, -0.25) is 0 Å². The maximum atomic E-state index is 14.0. The average molecular weight is 333 g/mol. The highest BCUT2D eigenvalue weighted by Crippen LogP contribution is 2.21. The molecular formula is C13H17FIN. The molecule has 1 nitrogen and oxygen atoms in total. The fourth-order valence-corrected chi connectivity index (χ4v) is 2.56. The first-order chi connectivity index (χ1) is 7.75. The standard InChI is InChI=1S/C13H17FIN/c14-13(11-2-1-7-16-9-11)8-10-3-5-12(15)6-4-10/h3-6,11,13,16H,1-2,7-9H2. The summed E-state index contributed by atoms with van der Waals surface area (Å²) in [5.41, 5.74) is 1.11. The van der Waals surface area contributed by atoms with E-state index in [2.05, 4.69) is 27.9 Å². The summed E-state index contributed by atoms with van der Waals surface area (Å²) in [6, 6.07) is 8.15. The monoisotopic (exact) mass is 333 g/mol. The average Bonchev–Trinajstić information content (AvgIpc) is 2.33. The summed E-state index contributed by atoms with van der Waals surface area (Å²) in [5.74, 6) is 0.202. The van der Waals surface area contributed by atoms with E-state index in [4.69, 9.17) is 0 Å². The summed E-state index contributed by atoms with van der Waals surface area (Å²) >= 11 is 2.27. The molecule has 1 aliphatic heterocycles. The molecule has 1 saturated heterocycles. The Labute approximate surface area is 110 Å². The van der Waals surface area contributed by atoms with Gasteiger partial charge in [0.2, 0.25) is 0 Å². The normalized spacial score (nSPS) is 23.0. The second-order valence-electron chi connectivity index (χ2n) is 4.45. The van der Waals surface area contributed by atoms with Crippen LogP contribution in [-0.4, -0.2) is 19.3 Å². The van der Waals surface area contributed by atoms with Crippen molar-refractivity contribution in [2.24, 2.45) is 5.92 Å². The second kappa shape index (κ2) is 5.96. The van der Waals surface area contributed by atoms with Crippen LogP contribution in [0.3, 0.4) is 0 Å². The Morgan fingerprint density at radius 2 is 2.12 bits per heavy atom. The van der Waals surface area contributed by atoms with Crippen molar-refractivity contribution in [2.45, 2.75) is 25.4 Å². The number of halogens is 2. The van der Waals surface area contributed by atoms with Gasteiger partial charge in [0.25, 0.3) is 0 Å². The fraction of sp³-hybridized carbons (Fsp3) is 0.538. The van der Waals surface area contributed by atoms with Crippen LogP contribution in [0.1, 0.15) is 18.4 Å². The highest BCUT2D eigenvalue weighted by Gasteiger charge is 2.23. The van der Waals surface area contributed by atoms with Crippen LogP contribution in [0.2, 0.25) is 0 Å². The molecule has 1 aromatic carbocycles. The van der Waals surface area contributed by atoms with Crippen molar-refractivity contribution in [3.8, 4) is 0 Å². The first kappa shape index (κ1) is 12.3. The predicted octanol–water partition coefficient (Wildman–Crippen LogP) is 3.17. The molecule has 3 heteroatoms. The van der Waals surface area contributed by atoms with Crippen molar-refractivity contribution in [2.75, 3.05) is 13.1 Å². The van der Waals surface area contributed by atoms with E-state index < -0.39 is 6.17 Å². The summed E-state index contributed by atoms with van der Waals surface area (Å²) in [6.45, 7) is 1.89. The van der Waals surface area contributed by atoms with Gasteiger partial charge in [-0.05, 0) is 59.7 Å². The molecular weight excluding hydrogens is 316 g/mol. The molecule has 0 radical (unpaired) electrons. The smallest absolute Gasteiger partial charge is 0.108 e. The third-order valence-corrected chi connectivity index (χ3v) is 3.91. The van der Waals surface area contributed by atoms with Gasteiger partial charge in [-0.2, -0.15) is 0 Å². The molecule has 1 aromatic rings. The van der Waals surface area contributed by atoms with Crippen LogP contribution in [-0.2, 0) is 6.42 Å². The zero-order valence-electron chi connectivity index (χ0n) is 9.26. The van der Waals surface area contributed by atoms with Crippen molar-refractivity contribution in [1.29, 1.82) is 0 Å². The Balaban J connectivity index is 1.90. The summed E-state index contributed by atoms with van der Waals surface area (Å²) in [5, 5.41) is 3.27. The SMILES string of the molecule is FC(Cc1ccc(I)cc1)C1CCCNC1. The Bertz CT molecular complexity index is 319. The van der Waals surface area contributed by atoms with E-state index in [1.807, 2.05) is 24.3 Å². The summed E-state index contributed by atoms with van der Waals surface area (Å²) in [6.07, 6.45) is 1.99. The number of alkyl halides is 1. The Morgan fingerprint density at radius 1 is 1.38 bits per heavy atom. The van der Waals surface area contributed by atoms with E-state index in [9.17, 15) is 4.39 Å². The summed E-state index contributed by atoms with van der Waals surface area (Å²) in [4.78, 5) is 0. The molecule has 1 N–H and O–H groups in total. The number of piperidine rings is 1. The number of hydrogen-bond donors (Lipinski definition) is 1. The lowest BCUT2D eigenvalue weighted by molar-refractivity contribution is 0.191. The van der Waals surface area contributed by atoms with E-state index in [1.165, 1.54) is 3.57 Å². The zero-order valence-corrected chi connectivity index (χ0v) is 11.4. The Kier molecular flexibility index (Phi) is 4.58. The minimum absolute atomic E-state index is 0.202. The van der Waals surface area contributed by atoms with E-state index in [0.29, 0.717) is 6.42 Å². The van der Waals surface area contributed by atoms with Gasteiger partial charge in [0, 0.05) is 22.5 Å². The van der Waals surface area contributed by atoms with Crippen molar-refractivity contribution in [3.63, 3.8) is 0 Å². The second-order valence-corrected chi connectivity index (χ2v) is 5.70. The summed E-state index contributed by atoms with van der Waals surface area (Å²) < 4.78 is 15.2. The molecule has 16 heavy (non-hydrogen) atoms. The van der Waals surface area contributed by atoms with Crippen LogP contribution in [0.4, 0.5) is 4.39 Å². The van der Waals surface area contributed by atoms with E-state index in [0.717, 1.165) is 31.5 Å². The molecule has 0 aliphatic carbocycles. The zero-order chi connectivity index (χ0) is 11.4. The number of hydrogen-bond acceptors (Lipinski definition) is 1. The van der Waals surface area contributed by atoms with E-state index in [1.54, 1.807) is 0 Å². The van der Waals surface area contributed by atoms with Gasteiger partial charge in [0.15, 0.2) is 0 Å². The van der Waals surface area contributed by atoms with Crippen molar-refractivity contribution < 1.29 is 4.39 Å². The van der Waals surface area contributed by atoms with E-state index >= 15 is 0 Å². The minimum atomic E-state index is -0.701. The van der Waals surface area contributed by atoms with Crippen LogP contribution in [0.5, 0.6) is 0 Å². The maximum absolute atomic E-state index is 14.0. The topological polar surface area (TPSA) is 12.0 Å². The molecule has 0 spiro atoms. The first-order valence-corrected chi connectivity index (χ1v) is 6.93. The molecule has 1 aliphatic rings. The van der Waals surface area contributed by atoms with Crippen LogP contribution in [0, 0.1) is 9.49 Å². The molecule has 1 heterocycles. The largest absolute Gasteiger partial charge is 0.316 e. The van der Waals surface area contributed by atoms with Gasteiger partial charge in [-0.25, -0.2) is 4.39 Å². The van der Waals surface area contributed by atoms with Gasteiger partial charge in [0.05, 0.1) is 0 Å². The first-order valence-electron chi connectivity index (χ1n) is 5.85. The maximum Gasteiger partial charge on any atom is 0.108 e. The Hall–Kier alpha value is -0.160. The molecule has 88 valence electrons. The lowest BCUT2D eigenvalue weighted by Gasteiger charge is -2.25. The third kappa shape index (κ3) is 3.42. The Morgan fingerprint density at radius 3 is 2.75 bits per heavy atom.